The molecule has 150 valence electrons. The van der Waals surface area contributed by atoms with Crippen molar-refractivity contribution in [2.45, 2.75) is 13.0 Å². The highest BCUT2D eigenvalue weighted by Crippen LogP contribution is 2.25. The van der Waals surface area contributed by atoms with E-state index in [1.165, 1.54) is 30.6 Å². The quantitative estimate of drug-likeness (QED) is 0.168. The standard InChI is InChI=1S/C16H13F4N9/c17-10-2-1-3-11(14(10)20)24-16(26-27-22)9-4-8(5-23-15(9)21)12-6-29(28-25-12)7-13(18)19/h1-6,13H,7H2,(H2,21,23)(H2,22,24,26). The van der Waals surface area contributed by atoms with Crippen molar-refractivity contribution in [1.82, 2.24) is 20.0 Å². The first-order chi connectivity index (χ1) is 13.9. The van der Waals surface area contributed by atoms with Crippen molar-refractivity contribution >= 4 is 17.3 Å². The number of pyridine rings is 1. The SMILES string of the molecule is NN=NC(=Nc1cccc(F)c1F)c1cc(-c2cn(CC(F)F)nn2)cnc1N. The van der Waals surface area contributed by atoms with Gasteiger partial charge in [0, 0.05) is 11.8 Å². The zero-order valence-corrected chi connectivity index (χ0v) is 14.5. The summed E-state index contributed by atoms with van der Waals surface area (Å²) in [6.07, 6.45) is 0.0150. The third-order valence-corrected chi connectivity index (χ3v) is 3.63. The molecule has 9 nitrogen and oxygen atoms in total. The first-order valence-corrected chi connectivity index (χ1v) is 7.97. The number of nitrogens with two attached hydrogens (primary N) is 2. The van der Waals surface area contributed by atoms with Crippen molar-refractivity contribution in [2.24, 2.45) is 21.2 Å². The average Bonchev–Trinajstić information content (AvgIpc) is 3.13. The van der Waals surface area contributed by atoms with Crippen LogP contribution >= 0.6 is 0 Å². The van der Waals surface area contributed by atoms with Crippen LogP contribution in [0.25, 0.3) is 11.3 Å². The van der Waals surface area contributed by atoms with Gasteiger partial charge in [0.25, 0.3) is 6.43 Å². The van der Waals surface area contributed by atoms with Gasteiger partial charge < -0.3 is 11.6 Å². The van der Waals surface area contributed by atoms with Crippen LogP contribution in [0.5, 0.6) is 0 Å². The summed E-state index contributed by atoms with van der Waals surface area (Å²) in [4.78, 5) is 7.89. The topological polar surface area (TPSA) is 133 Å². The van der Waals surface area contributed by atoms with Gasteiger partial charge in [0.05, 0.1) is 11.8 Å². The predicted molar refractivity (Wildman–Crippen MR) is 95.3 cm³/mol. The van der Waals surface area contributed by atoms with Gasteiger partial charge in [-0.25, -0.2) is 32.2 Å². The van der Waals surface area contributed by atoms with E-state index in [0.29, 0.717) is 5.56 Å². The molecular formula is C16H13F4N9. The highest BCUT2D eigenvalue weighted by molar-refractivity contribution is 6.04. The lowest BCUT2D eigenvalue weighted by atomic mass is 10.1. The molecule has 0 atom stereocenters. The van der Waals surface area contributed by atoms with Crippen LogP contribution in [0, 0.1) is 11.6 Å². The number of halogens is 4. The Kier molecular flexibility index (Phi) is 5.76. The number of aromatic nitrogens is 4. The zero-order valence-electron chi connectivity index (χ0n) is 14.5. The molecule has 0 saturated carbocycles. The van der Waals surface area contributed by atoms with Gasteiger partial charge in [0.2, 0.25) is 0 Å². The molecule has 3 rings (SSSR count). The first kappa shape index (κ1) is 19.9. The Morgan fingerprint density at radius 3 is 2.76 bits per heavy atom. The smallest absolute Gasteiger partial charge is 0.257 e. The minimum atomic E-state index is -2.60. The number of anilines is 1. The van der Waals surface area contributed by atoms with E-state index in [4.69, 9.17) is 11.6 Å². The molecule has 3 aromatic rings. The lowest BCUT2D eigenvalue weighted by Crippen LogP contribution is -2.06. The van der Waals surface area contributed by atoms with E-state index in [1.807, 2.05) is 0 Å². The summed E-state index contributed by atoms with van der Waals surface area (Å²) in [6.45, 7) is -0.630. The van der Waals surface area contributed by atoms with E-state index in [-0.39, 0.29) is 28.6 Å². The molecule has 0 bridgehead atoms. The van der Waals surface area contributed by atoms with Gasteiger partial charge in [-0.05, 0) is 18.2 Å². The van der Waals surface area contributed by atoms with Crippen molar-refractivity contribution in [1.29, 1.82) is 0 Å². The molecule has 13 heteroatoms. The third kappa shape index (κ3) is 4.51. The van der Waals surface area contributed by atoms with Gasteiger partial charge in [0.1, 0.15) is 23.7 Å². The van der Waals surface area contributed by atoms with E-state index in [9.17, 15) is 17.6 Å². The Labute approximate surface area is 160 Å². The minimum Gasteiger partial charge on any atom is -0.383 e. The number of aliphatic imine (C=N–C) groups is 1. The number of nitrogens with zero attached hydrogens (tertiary/aromatic N) is 7. The third-order valence-electron chi connectivity index (χ3n) is 3.63. The van der Waals surface area contributed by atoms with Crippen molar-refractivity contribution < 1.29 is 17.6 Å². The second kappa shape index (κ2) is 8.41. The maximum Gasteiger partial charge on any atom is 0.257 e. The van der Waals surface area contributed by atoms with Crippen LogP contribution in [0.1, 0.15) is 5.56 Å². The van der Waals surface area contributed by atoms with Crippen molar-refractivity contribution in [2.75, 3.05) is 5.73 Å². The number of rotatable bonds is 5. The molecule has 2 aromatic heterocycles. The second-order valence-electron chi connectivity index (χ2n) is 5.60. The van der Waals surface area contributed by atoms with E-state index in [2.05, 4.69) is 30.6 Å². The summed E-state index contributed by atoms with van der Waals surface area (Å²) < 4.78 is 53.3. The Balaban J connectivity index is 2.05. The number of nitrogen functional groups attached to an aromatic ring is 1. The van der Waals surface area contributed by atoms with Crippen LogP contribution in [0.4, 0.5) is 29.1 Å². The summed E-state index contributed by atoms with van der Waals surface area (Å²) in [6, 6.07) is 4.82. The Hall–Kier alpha value is -3.90. The fourth-order valence-corrected chi connectivity index (χ4v) is 2.34. The molecule has 0 aliphatic heterocycles. The van der Waals surface area contributed by atoms with E-state index in [0.717, 1.165) is 10.7 Å². The molecule has 0 aliphatic carbocycles. The van der Waals surface area contributed by atoms with E-state index < -0.39 is 24.6 Å². The molecule has 0 spiro atoms. The predicted octanol–water partition coefficient (Wildman–Crippen LogP) is 2.87. The van der Waals surface area contributed by atoms with Crippen molar-refractivity contribution in [3.63, 3.8) is 0 Å². The molecule has 0 unspecified atom stereocenters. The fraction of sp³-hybridized carbons (Fsp3) is 0.125. The largest absolute Gasteiger partial charge is 0.383 e. The number of benzene rings is 1. The van der Waals surface area contributed by atoms with Crippen molar-refractivity contribution in [3.8, 4) is 11.3 Å². The maximum atomic E-state index is 14.0. The summed E-state index contributed by atoms with van der Waals surface area (Å²) in [5.74, 6) is 2.48. The number of amidine groups is 1. The molecule has 0 amide bonds. The molecule has 0 radical (unpaired) electrons. The first-order valence-electron chi connectivity index (χ1n) is 7.97. The van der Waals surface area contributed by atoms with Gasteiger partial charge in [-0.2, -0.15) is 0 Å². The fourth-order valence-electron chi connectivity index (χ4n) is 2.34. The van der Waals surface area contributed by atoms with Crippen LogP contribution in [0.15, 0.2) is 52.0 Å². The van der Waals surface area contributed by atoms with Crippen LogP contribution in [-0.2, 0) is 6.54 Å². The van der Waals surface area contributed by atoms with Gasteiger partial charge in [-0.3, -0.25) is 0 Å². The van der Waals surface area contributed by atoms with Gasteiger partial charge in [0.15, 0.2) is 17.5 Å². The summed E-state index contributed by atoms with van der Waals surface area (Å²) in [5.41, 5.74) is 6.14. The summed E-state index contributed by atoms with van der Waals surface area (Å²) in [7, 11) is 0. The lowest BCUT2D eigenvalue weighted by molar-refractivity contribution is 0.121. The molecule has 0 saturated heterocycles. The second-order valence-corrected chi connectivity index (χ2v) is 5.60. The monoisotopic (exact) mass is 407 g/mol. The van der Waals surface area contributed by atoms with E-state index >= 15 is 0 Å². The molecule has 0 fully saturated rings. The molecule has 1 aromatic carbocycles. The van der Waals surface area contributed by atoms with Gasteiger partial charge in [-0.15, -0.1) is 10.2 Å². The van der Waals surface area contributed by atoms with Crippen LogP contribution in [-0.4, -0.2) is 32.2 Å². The molecular weight excluding hydrogens is 394 g/mol. The normalized spacial score (nSPS) is 12.2. The Bertz CT molecular complexity index is 1080. The highest BCUT2D eigenvalue weighted by atomic mass is 19.3. The molecule has 2 heterocycles. The maximum absolute atomic E-state index is 14.0. The number of hydrogen-bond donors (Lipinski definition) is 2. The van der Waals surface area contributed by atoms with Crippen LogP contribution < -0.4 is 11.6 Å². The molecule has 0 aliphatic rings. The lowest BCUT2D eigenvalue weighted by Gasteiger charge is -2.06. The highest BCUT2D eigenvalue weighted by Gasteiger charge is 2.16. The minimum absolute atomic E-state index is 0.0586. The number of hydrogen-bond acceptors (Lipinski definition) is 6. The zero-order chi connectivity index (χ0) is 21.0. The molecule has 4 N–H and O–H groups in total. The summed E-state index contributed by atoms with van der Waals surface area (Å²) in [5, 5.41) is 14.1. The average molecular weight is 407 g/mol. The van der Waals surface area contributed by atoms with Crippen LogP contribution in [0.3, 0.4) is 0 Å². The van der Waals surface area contributed by atoms with E-state index in [1.54, 1.807) is 0 Å². The number of alkyl halides is 2. The van der Waals surface area contributed by atoms with Crippen molar-refractivity contribution in [3.05, 3.63) is 53.9 Å². The summed E-state index contributed by atoms with van der Waals surface area (Å²) >= 11 is 0. The van der Waals surface area contributed by atoms with Crippen LogP contribution in [0.2, 0.25) is 0 Å². The van der Waals surface area contributed by atoms with Gasteiger partial charge in [-0.1, -0.05) is 16.5 Å². The van der Waals surface area contributed by atoms with Gasteiger partial charge >= 0.3 is 0 Å². The Morgan fingerprint density at radius 2 is 2.03 bits per heavy atom. The Morgan fingerprint density at radius 1 is 1.24 bits per heavy atom. The molecule has 29 heavy (non-hydrogen) atoms.